The Labute approximate surface area is 130 Å². The summed E-state index contributed by atoms with van der Waals surface area (Å²) in [6, 6.07) is 16.6. The van der Waals surface area contributed by atoms with Gasteiger partial charge in [0.2, 0.25) is 5.91 Å². The SMILES string of the molecule is CC(=O)Nc1cccc(C(=O)N(c2ccccc2)C(C)C)c1. The fourth-order valence-electron chi connectivity index (χ4n) is 2.31. The molecule has 2 aromatic carbocycles. The smallest absolute Gasteiger partial charge is 0.258 e. The fourth-order valence-corrected chi connectivity index (χ4v) is 2.31. The molecule has 0 atom stereocenters. The van der Waals surface area contributed by atoms with Crippen molar-refractivity contribution < 1.29 is 9.59 Å². The van der Waals surface area contributed by atoms with Gasteiger partial charge in [0.1, 0.15) is 0 Å². The van der Waals surface area contributed by atoms with Crippen molar-refractivity contribution in [2.45, 2.75) is 26.8 Å². The zero-order valence-electron chi connectivity index (χ0n) is 13.0. The average molecular weight is 296 g/mol. The second-order valence-electron chi connectivity index (χ2n) is 5.37. The van der Waals surface area contributed by atoms with E-state index < -0.39 is 0 Å². The molecule has 0 saturated heterocycles. The molecular weight excluding hydrogens is 276 g/mol. The Bertz CT molecular complexity index is 666. The van der Waals surface area contributed by atoms with E-state index in [4.69, 9.17) is 0 Å². The molecule has 0 aliphatic heterocycles. The highest BCUT2D eigenvalue weighted by Crippen LogP contribution is 2.21. The Morgan fingerprint density at radius 2 is 1.68 bits per heavy atom. The number of benzene rings is 2. The van der Waals surface area contributed by atoms with E-state index in [-0.39, 0.29) is 17.9 Å². The molecule has 0 aliphatic carbocycles. The van der Waals surface area contributed by atoms with Gasteiger partial charge in [-0.2, -0.15) is 0 Å². The summed E-state index contributed by atoms with van der Waals surface area (Å²) in [4.78, 5) is 25.7. The summed E-state index contributed by atoms with van der Waals surface area (Å²) in [5.41, 5.74) is 2.02. The molecule has 0 aromatic heterocycles. The first-order valence-electron chi connectivity index (χ1n) is 7.25. The van der Waals surface area contributed by atoms with E-state index in [1.165, 1.54) is 6.92 Å². The maximum atomic E-state index is 12.8. The van der Waals surface area contributed by atoms with Gasteiger partial charge in [-0.05, 0) is 44.2 Å². The van der Waals surface area contributed by atoms with E-state index in [0.29, 0.717) is 11.3 Å². The van der Waals surface area contributed by atoms with Crippen molar-refractivity contribution in [1.29, 1.82) is 0 Å². The molecule has 0 aliphatic rings. The molecule has 2 rings (SSSR count). The van der Waals surface area contributed by atoms with E-state index in [1.807, 2.05) is 44.2 Å². The van der Waals surface area contributed by atoms with E-state index in [0.717, 1.165) is 5.69 Å². The van der Waals surface area contributed by atoms with E-state index in [1.54, 1.807) is 29.2 Å². The summed E-state index contributed by atoms with van der Waals surface area (Å²) >= 11 is 0. The van der Waals surface area contributed by atoms with Crippen molar-refractivity contribution >= 4 is 23.2 Å². The Morgan fingerprint density at radius 1 is 1.00 bits per heavy atom. The summed E-state index contributed by atoms with van der Waals surface area (Å²) < 4.78 is 0. The summed E-state index contributed by atoms with van der Waals surface area (Å²) in [5.74, 6) is -0.248. The summed E-state index contributed by atoms with van der Waals surface area (Å²) in [7, 11) is 0. The second-order valence-corrected chi connectivity index (χ2v) is 5.37. The molecule has 0 bridgehead atoms. The quantitative estimate of drug-likeness (QED) is 0.935. The van der Waals surface area contributed by atoms with Gasteiger partial charge in [0.05, 0.1) is 0 Å². The summed E-state index contributed by atoms with van der Waals surface area (Å²) in [6.45, 7) is 5.39. The van der Waals surface area contributed by atoms with Crippen LogP contribution >= 0.6 is 0 Å². The molecule has 0 radical (unpaired) electrons. The lowest BCUT2D eigenvalue weighted by Gasteiger charge is -2.27. The Balaban J connectivity index is 2.34. The second kappa shape index (κ2) is 6.89. The fraction of sp³-hybridized carbons (Fsp3) is 0.222. The molecule has 0 saturated carbocycles. The minimum absolute atomic E-state index is 0.0272. The van der Waals surface area contributed by atoms with Crippen LogP contribution in [0.3, 0.4) is 0 Å². The molecule has 2 aromatic rings. The van der Waals surface area contributed by atoms with Crippen molar-refractivity contribution in [1.82, 2.24) is 0 Å². The Morgan fingerprint density at radius 3 is 2.27 bits per heavy atom. The van der Waals surface area contributed by atoms with Gasteiger partial charge in [-0.25, -0.2) is 0 Å². The Kier molecular flexibility index (Phi) is 4.94. The molecule has 4 heteroatoms. The average Bonchev–Trinajstić information content (AvgIpc) is 2.47. The van der Waals surface area contributed by atoms with Crippen LogP contribution in [0.1, 0.15) is 31.1 Å². The lowest BCUT2D eigenvalue weighted by atomic mass is 10.1. The number of anilines is 2. The number of rotatable bonds is 4. The van der Waals surface area contributed by atoms with Crippen molar-refractivity contribution in [3.8, 4) is 0 Å². The van der Waals surface area contributed by atoms with Crippen LogP contribution in [0.2, 0.25) is 0 Å². The molecule has 0 fully saturated rings. The van der Waals surface area contributed by atoms with E-state index in [9.17, 15) is 9.59 Å². The monoisotopic (exact) mass is 296 g/mol. The van der Waals surface area contributed by atoms with E-state index in [2.05, 4.69) is 5.32 Å². The predicted octanol–water partition coefficient (Wildman–Crippen LogP) is 3.70. The standard InChI is InChI=1S/C18H20N2O2/c1-13(2)20(17-10-5-4-6-11-17)18(22)15-8-7-9-16(12-15)19-14(3)21/h4-13H,1-3H3,(H,19,21). The van der Waals surface area contributed by atoms with Gasteiger partial charge in [0, 0.05) is 29.9 Å². The normalized spacial score (nSPS) is 10.4. The molecule has 4 nitrogen and oxygen atoms in total. The molecule has 2 amide bonds. The summed E-state index contributed by atoms with van der Waals surface area (Å²) in [6.07, 6.45) is 0. The molecule has 1 N–H and O–H groups in total. The van der Waals surface area contributed by atoms with Gasteiger partial charge in [-0.3, -0.25) is 9.59 Å². The topological polar surface area (TPSA) is 49.4 Å². The first-order chi connectivity index (χ1) is 10.5. The highest BCUT2D eigenvalue weighted by molar-refractivity contribution is 6.07. The van der Waals surface area contributed by atoms with Crippen LogP contribution in [-0.4, -0.2) is 17.9 Å². The molecular formula is C18H20N2O2. The van der Waals surface area contributed by atoms with Crippen LogP contribution in [0.5, 0.6) is 0 Å². The van der Waals surface area contributed by atoms with Crippen LogP contribution in [0.4, 0.5) is 11.4 Å². The molecule has 0 spiro atoms. The first kappa shape index (κ1) is 15.8. The van der Waals surface area contributed by atoms with Gasteiger partial charge in [0.25, 0.3) is 5.91 Å². The zero-order chi connectivity index (χ0) is 16.1. The highest BCUT2D eigenvalue weighted by Gasteiger charge is 2.20. The van der Waals surface area contributed by atoms with Crippen molar-refractivity contribution in [2.24, 2.45) is 0 Å². The van der Waals surface area contributed by atoms with Gasteiger partial charge >= 0.3 is 0 Å². The third-order valence-corrected chi connectivity index (χ3v) is 3.20. The minimum Gasteiger partial charge on any atom is -0.326 e. The number of hydrogen-bond donors (Lipinski definition) is 1. The third kappa shape index (κ3) is 3.73. The zero-order valence-corrected chi connectivity index (χ0v) is 13.0. The molecule has 0 heterocycles. The first-order valence-corrected chi connectivity index (χ1v) is 7.25. The van der Waals surface area contributed by atoms with Crippen LogP contribution < -0.4 is 10.2 Å². The highest BCUT2D eigenvalue weighted by atomic mass is 16.2. The number of para-hydroxylation sites is 1. The van der Waals surface area contributed by atoms with Crippen LogP contribution in [0, 0.1) is 0 Å². The molecule has 22 heavy (non-hydrogen) atoms. The lowest BCUT2D eigenvalue weighted by Crippen LogP contribution is -2.37. The number of nitrogens with zero attached hydrogens (tertiary/aromatic N) is 1. The number of carbonyl (C=O) groups excluding carboxylic acids is 2. The number of amides is 2. The van der Waals surface area contributed by atoms with Crippen LogP contribution in [-0.2, 0) is 4.79 Å². The number of hydrogen-bond acceptors (Lipinski definition) is 2. The number of carbonyl (C=O) groups is 2. The maximum absolute atomic E-state index is 12.8. The van der Waals surface area contributed by atoms with Gasteiger partial charge < -0.3 is 10.2 Å². The van der Waals surface area contributed by atoms with E-state index >= 15 is 0 Å². The van der Waals surface area contributed by atoms with Crippen LogP contribution in [0.25, 0.3) is 0 Å². The number of nitrogens with one attached hydrogen (secondary N) is 1. The molecule has 114 valence electrons. The van der Waals surface area contributed by atoms with Crippen molar-refractivity contribution in [3.63, 3.8) is 0 Å². The van der Waals surface area contributed by atoms with Gasteiger partial charge in [-0.15, -0.1) is 0 Å². The predicted molar refractivity (Wildman–Crippen MR) is 89.1 cm³/mol. The van der Waals surface area contributed by atoms with Gasteiger partial charge in [0.15, 0.2) is 0 Å². The Hall–Kier alpha value is -2.62. The maximum Gasteiger partial charge on any atom is 0.258 e. The minimum atomic E-state index is -0.159. The third-order valence-electron chi connectivity index (χ3n) is 3.20. The largest absolute Gasteiger partial charge is 0.326 e. The van der Waals surface area contributed by atoms with Crippen LogP contribution in [0.15, 0.2) is 54.6 Å². The lowest BCUT2D eigenvalue weighted by molar-refractivity contribution is -0.114. The van der Waals surface area contributed by atoms with Crippen molar-refractivity contribution in [2.75, 3.05) is 10.2 Å². The van der Waals surface area contributed by atoms with Crippen molar-refractivity contribution in [3.05, 3.63) is 60.2 Å². The van der Waals surface area contributed by atoms with Gasteiger partial charge in [-0.1, -0.05) is 24.3 Å². The summed E-state index contributed by atoms with van der Waals surface area (Å²) in [5, 5.41) is 2.70. The molecule has 0 unspecified atom stereocenters.